The number of hydrogen-bond donors (Lipinski definition) is 2. The lowest BCUT2D eigenvalue weighted by atomic mass is 9.86. The van der Waals surface area contributed by atoms with Gasteiger partial charge in [-0.25, -0.2) is 0 Å². The molecule has 0 atom stereocenters. The Labute approximate surface area is 108 Å². The number of nitrogens with zero attached hydrogens (tertiary/aromatic N) is 1. The van der Waals surface area contributed by atoms with E-state index in [2.05, 4.69) is 48.8 Å². The predicted octanol–water partition coefficient (Wildman–Crippen LogP) is 2.71. The van der Waals surface area contributed by atoms with E-state index in [1.807, 2.05) is 13.8 Å². The van der Waals surface area contributed by atoms with Gasteiger partial charge in [0.05, 0.1) is 17.9 Å². The molecule has 1 aromatic rings. The number of aryl methyl sites for hydroxylation is 2. The van der Waals surface area contributed by atoms with Gasteiger partial charge < -0.3 is 15.2 Å². The molecule has 2 N–H and O–H groups in total. The third-order valence-corrected chi connectivity index (χ3v) is 3.11. The van der Waals surface area contributed by atoms with Gasteiger partial charge in [-0.05, 0) is 30.9 Å². The minimum atomic E-state index is 0.100. The summed E-state index contributed by atoms with van der Waals surface area (Å²) < 4.78 is 5.24. The molecule has 98 valence electrons. The molecule has 4 nitrogen and oxygen atoms in total. The monoisotopic (exact) mass is 247 g/mol. The van der Waals surface area contributed by atoms with E-state index in [0.29, 0.717) is 6.67 Å². The van der Waals surface area contributed by atoms with Crippen molar-refractivity contribution in [3.8, 4) is 0 Å². The van der Waals surface area contributed by atoms with Gasteiger partial charge in [0.25, 0.3) is 0 Å². The summed E-state index contributed by atoms with van der Waals surface area (Å²) in [7, 11) is 0. The highest BCUT2D eigenvalue weighted by Gasteiger charge is 2.20. The summed E-state index contributed by atoms with van der Waals surface area (Å²) in [5.74, 6) is 0.849. The minimum Gasteiger partial charge on any atom is -0.374 e. The van der Waals surface area contributed by atoms with Gasteiger partial charge in [-0.1, -0.05) is 25.9 Å². The largest absolute Gasteiger partial charge is 0.374 e. The van der Waals surface area contributed by atoms with Gasteiger partial charge in [0, 0.05) is 11.9 Å². The van der Waals surface area contributed by atoms with E-state index in [1.165, 1.54) is 5.57 Å². The molecule has 0 aliphatic carbocycles. The molecule has 4 heteroatoms. The summed E-state index contributed by atoms with van der Waals surface area (Å²) in [4.78, 5) is 0. The summed E-state index contributed by atoms with van der Waals surface area (Å²) in [5, 5.41) is 10.6. The van der Waals surface area contributed by atoms with Crippen LogP contribution >= 0.6 is 0 Å². The summed E-state index contributed by atoms with van der Waals surface area (Å²) in [6.07, 6.45) is 4.24. The van der Waals surface area contributed by atoms with E-state index in [4.69, 9.17) is 4.52 Å². The molecule has 0 spiro atoms. The third kappa shape index (κ3) is 2.42. The third-order valence-electron chi connectivity index (χ3n) is 3.11. The zero-order valence-corrected chi connectivity index (χ0v) is 11.7. The first-order chi connectivity index (χ1) is 8.39. The van der Waals surface area contributed by atoms with E-state index in [1.54, 1.807) is 0 Å². The highest BCUT2D eigenvalue weighted by atomic mass is 16.5. The van der Waals surface area contributed by atoms with E-state index >= 15 is 0 Å². The molecule has 0 unspecified atom stereocenters. The number of rotatable bonds is 1. The Morgan fingerprint density at radius 3 is 2.56 bits per heavy atom. The minimum absolute atomic E-state index is 0.100. The Morgan fingerprint density at radius 1 is 1.28 bits per heavy atom. The quantitative estimate of drug-likeness (QED) is 0.801. The van der Waals surface area contributed by atoms with Crippen LogP contribution in [0, 0.1) is 19.3 Å². The smallest absolute Gasteiger partial charge is 0.143 e. The molecule has 0 saturated heterocycles. The van der Waals surface area contributed by atoms with Gasteiger partial charge in [-0.15, -0.1) is 0 Å². The molecule has 2 heterocycles. The Balaban J connectivity index is 2.45. The Morgan fingerprint density at radius 2 is 2.00 bits per heavy atom. The fourth-order valence-corrected chi connectivity index (χ4v) is 2.02. The van der Waals surface area contributed by atoms with E-state index < -0.39 is 0 Å². The maximum atomic E-state index is 5.24. The van der Waals surface area contributed by atoms with E-state index in [-0.39, 0.29) is 5.41 Å². The van der Waals surface area contributed by atoms with Crippen LogP contribution < -0.4 is 10.6 Å². The predicted molar refractivity (Wildman–Crippen MR) is 72.6 cm³/mol. The molecular weight excluding hydrogens is 226 g/mol. The molecule has 0 radical (unpaired) electrons. The van der Waals surface area contributed by atoms with Crippen molar-refractivity contribution >= 4 is 5.70 Å². The van der Waals surface area contributed by atoms with Crippen LogP contribution in [-0.4, -0.2) is 11.8 Å². The lowest BCUT2D eigenvalue weighted by Gasteiger charge is -2.20. The number of hydrogen-bond acceptors (Lipinski definition) is 4. The van der Waals surface area contributed by atoms with Crippen molar-refractivity contribution in [3.63, 3.8) is 0 Å². The van der Waals surface area contributed by atoms with Crippen LogP contribution in [0.2, 0.25) is 0 Å². The van der Waals surface area contributed by atoms with Crippen LogP contribution in [0.4, 0.5) is 0 Å². The topological polar surface area (TPSA) is 50.1 Å². The zero-order valence-electron chi connectivity index (χ0n) is 11.7. The summed E-state index contributed by atoms with van der Waals surface area (Å²) in [5.41, 5.74) is 4.40. The van der Waals surface area contributed by atoms with Crippen LogP contribution in [0.1, 0.15) is 37.8 Å². The second kappa shape index (κ2) is 4.52. The Bertz CT molecular complexity index is 484. The molecule has 0 saturated carbocycles. The van der Waals surface area contributed by atoms with Gasteiger partial charge in [0.1, 0.15) is 5.76 Å². The van der Waals surface area contributed by atoms with E-state index in [0.717, 1.165) is 22.7 Å². The molecule has 1 aliphatic heterocycles. The van der Waals surface area contributed by atoms with Crippen LogP contribution in [0.3, 0.4) is 0 Å². The maximum absolute atomic E-state index is 5.24. The molecule has 1 aromatic heterocycles. The van der Waals surface area contributed by atoms with Crippen molar-refractivity contribution in [2.75, 3.05) is 6.67 Å². The van der Waals surface area contributed by atoms with Crippen molar-refractivity contribution in [3.05, 3.63) is 34.9 Å². The first-order valence-corrected chi connectivity index (χ1v) is 6.22. The first kappa shape index (κ1) is 12.7. The van der Waals surface area contributed by atoms with Gasteiger partial charge in [-0.2, -0.15) is 0 Å². The van der Waals surface area contributed by atoms with Crippen molar-refractivity contribution in [1.29, 1.82) is 0 Å². The van der Waals surface area contributed by atoms with Crippen LogP contribution in [0.15, 0.2) is 22.4 Å². The Hall–Kier alpha value is -1.71. The SMILES string of the molecule is Cc1noc(C)c1C1=CC(C(C)(C)C)=CNCN1. The van der Waals surface area contributed by atoms with Crippen molar-refractivity contribution in [1.82, 2.24) is 15.8 Å². The van der Waals surface area contributed by atoms with Crippen LogP contribution in [0.25, 0.3) is 5.70 Å². The highest BCUT2D eigenvalue weighted by Crippen LogP contribution is 2.30. The summed E-state index contributed by atoms with van der Waals surface area (Å²) in [6, 6.07) is 0. The normalized spacial score (nSPS) is 16.3. The van der Waals surface area contributed by atoms with Crippen LogP contribution in [0.5, 0.6) is 0 Å². The zero-order chi connectivity index (χ0) is 13.3. The van der Waals surface area contributed by atoms with Crippen molar-refractivity contribution in [2.45, 2.75) is 34.6 Å². The van der Waals surface area contributed by atoms with Crippen molar-refractivity contribution in [2.24, 2.45) is 5.41 Å². The summed E-state index contributed by atoms with van der Waals surface area (Å²) in [6.45, 7) is 11.2. The lowest BCUT2D eigenvalue weighted by Crippen LogP contribution is -2.22. The first-order valence-electron chi connectivity index (χ1n) is 6.22. The maximum Gasteiger partial charge on any atom is 0.143 e. The number of aromatic nitrogens is 1. The molecule has 0 bridgehead atoms. The molecule has 18 heavy (non-hydrogen) atoms. The Kier molecular flexibility index (Phi) is 3.20. The van der Waals surface area contributed by atoms with E-state index in [9.17, 15) is 0 Å². The highest BCUT2D eigenvalue weighted by molar-refractivity contribution is 5.70. The average molecular weight is 247 g/mol. The second-order valence-electron chi connectivity index (χ2n) is 5.66. The molecule has 0 aromatic carbocycles. The van der Waals surface area contributed by atoms with Gasteiger partial charge >= 0.3 is 0 Å². The number of nitrogens with one attached hydrogen (secondary N) is 2. The summed E-state index contributed by atoms with van der Waals surface area (Å²) >= 11 is 0. The molecule has 0 fully saturated rings. The van der Waals surface area contributed by atoms with Crippen LogP contribution in [-0.2, 0) is 0 Å². The molecule has 2 rings (SSSR count). The van der Waals surface area contributed by atoms with Gasteiger partial charge in [-0.3, -0.25) is 0 Å². The molecule has 0 amide bonds. The standard InChI is InChI=1S/C14H21N3O/c1-9-13(10(2)18-17-9)12-6-11(14(3,4)5)7-15-8-16-12/h6-7,15-16H,8H2,1-5H3. The van der Waals surface area contributed by atoms with Gasteiger partial charge in [0.2, 0.25) is 0 Å². The van der Waals surface area contributed by atoms with Crippen molar-refractivity contribution < 1.29 is 4.52 Å². The number of allylic oxidation sites excluding steroid dienone is 2. The second-order valence-corrected chi connectivity index (χ2v) is 5.66. The fourth-order valence-electron chi connectivity index (χ4n) is 2.02. The lowest BCUT2D eigenvalue weighted by molar-refractivity contribution is 0.393. The fraction of sp³-hybridized carbons (Fsp3) is 0.500. The average Bonchev–Trinajstić information content (AvgIpc) is 2.53. The molecular formula is C14H21N3O. The van der Waals surface area contributed by atoms with Gasteiger partial charge in [0.15, 0.2) is 0 Å². The molecule has 1 aliphatic rings.